The molecule has 1 N–H and O–H groups in total. The molecular formula is C21H24F3N5O2. The Morgan fingerprint density at radius 3 is 2.58 bits per heavy atom. The van der Waals surface area contributed by atoms with Crippen molar-refractivity contribution in [2.45, 2.75) is 32.1 Å². The minimum atomic E-state index is -4.49. The molecule has 0 saturated carbocycles. The van der Waals surface area contributed by atoms with Crippen molar-refractivity contribution >= 4 is 11.8 Å². The lowest BCUT2D eigenvalue weighted by Crippen LogP contribution is -2.40. The van der Waals surface area contributed by atoms with E-state index in [9.17, 15) is 22.8 Å². The summed E-state index contributed by atoms with van der Waals surface area (Å²) in [5.41, 5.74) is -0.362. The van der Waals surface area contributed by atoms with Crippen LogP contribution in [0.15, 0.2) is 30.3 Å². The van der Waals surface area contributed by atoms with E-state index in [-0.39, 0.29) is 35.9 Å². The van der Waals surface area contributed by atoms with Gasteiger partial charge in [-0.1, -0.05) is 18.2 Å². The smallest absolute Gasteiger partial charge is 0.349 e. The van der Waals surface area contributed by atoms with Crippen LogP contribution in [-0.4, -0.2) is 64.1 Å². The van der Waals surface area contributed by atoms with Gasteiger partial charge in [0.2, 0.25) is 0 Å². The van der Waals surface area contributed by atoms with Crippen molar-refractivity contribution in [3.63, 3.8) is 0 Å². The number of likely N-dealkylation sites (tertiary alicyclic amines) is 1. The van der Waals surface area contributed by atoms with Crippen molar-refractivity contribution in [2.24, 2.45) is 0 Å². The maximum atomic E-state index is 13.3. The van der Waals surface area contributed by atoms with Crippen LogP contribution in [0.25, 0.3) is 0 Å². The van der Waals surface area contributed by atoms with Crippen molar-refractivity contribution < 1.29 is 22.8 Å². The van der Waals surface area contributed by atoms with Gasteiger partial charge in [-0.2, -0.15) is 18.3 Å². The van der Waals surface area contributed by atoms with Gasteiger partial charge in [0.1, 0.15) is 5.69 Å². The molecule has 1 fully saturated rings. The monoisotopic (exact) mass is 435 g/mol. The highest BCUT2D eigenvalue weighted by molar-refractivity contribution is 5.98. The van der Waals surface area contributed by atoms with Crippen LogP contribution in [-0.2, 0) is 19.3 Å². The SMILES string of the molecule is O=C(NCCN1CCCC1)c1cc2n(n1)CCN(Cc1ccccc1C(F)(F)F)C2=O. The molecule has 0 bridgehead atoms. The van der Waals surface area contributed by atoms with Gasteiger partial charge in [0.25, 0.3) is 11.8 Å². The lowest BCUT2D eigenvalue weighted by Gasteiger charge is -2.28. The van der Waals surface area contributed by atoms with Crippen molar-refractivity contribution in [3.8, 4) is 0 Å². The first kappa shape index (κ1) is 21.4. The van der Waals surface area contributed by atoms with Crippen molar-refractivity contribution in [1.29, 1.82) is 0 Å². The molecule has 4 rings (SSSR count). The summed E-state index contributed by atoms with van der Waals surface area (Å²) < 4.78 is 41.2. The Morgan fingerprint density at radius 1 is 1.10 bits per heavy atom. The Balaban J connectivity index is 1.41. The predicted octanol–water partition coefficient (Wildman–Crippen LogP) is 2.38. The van der Waals surface area contributed by atoms with Gasteiger partial charge >= 0.3 is 6.18 Å². The van der Waals surface area contributed by atoms with Crippen LogP contribution in [0.5, 0.6) is 0 Å². The first-order chi connectivity index (χ1) is 14.8. The standard InChI is InChI=1S/C21H24F3N5O2/c22-21(23,24)16-6-2-1-5-15(16)14-28-11-12-29-18(20(28)31)13-17(26-29)19(30)25-7-10-27-8-3-4-9-27/h1-2,5-6,13H,3-4,7-12,14H2,(H,25,30). The fourth-order valence-corrected chi connectivity index (χ4v) is 4.06. The second kappa shape index (κ2) is 8.70. The number of nitrogens with zero attached hydrogens (tertiary/aromatic N) is 4. The highest BCUT2D eigenvalue weighted by atomic mass is 19.4. The van der Waals surface area contributed by atoms with E-state index in [0.29, 0.717) is 13.1 Å². The van der Waals surface area contributed by atoms with Gasteiger partial charge < -0.3 is 15.1 Å². The van der Waals surface area contributed by atoms with Gasteiger partial charge in [-0.15, -0.1) is 0 Å². The number of hydrogen-bond acceptors (Lipinski definition) is 4. The molecule has 1 saturated heterocycles. The number of halogens is 3. The van der Waals surface area contributed by atoms with E-state index >= 15 is 0 Å². The molecule has 0 radical (unpaired) electrons. The lowest BCUT2D eigenvalue weighted by atomic mass is 10.1. The van der Waals surface area contributed by atoms with Gasteiger partial charge in [-0.3, -0.25) is 14.3 Å². The van der Waals surface area contributed by atoms with Crippen LogP contribution >= 0.6 is 0 Å². The molecule has 0 spiro atoms. The topological polar surface area (TPSA) is 70.5 Å². The summed E-state index contributed by atoms with van der Waals surface area (Å²) in [6.07, 6.45) is -2.14. The minimum Gasteiger partial charge on any atom is -0.349 e. The number of aromatic nitrogens is 2. The zero-order valence-electron chi connectivity index (χ0n) is 17.0. The summed E-state index contributed by atoms with van der Waals surface area (Å²) in [7, 11) is 0. The number of amides is 2. The Kier molecular flexibility index (Phi) is 5.99. The van der Waals surface area contributed by atoms with E-state index in [1.165, 1.54) is 46.7 Å². The van der Waals surface area contributed by atoms with E-state index in [4.69, 9.17) is 0 Å². The van der Waals surface area contributed by atoms with Crippen LogP contribution in [0.3, 0.4) is 0 Å². The second-order valence-electron chi connectivity index (χ2n) is 7.82. The molecule has 1 aromatic carbocycles. The fraction of sp³-hybridized carbons (Fsp3) is 0.476. The first-order valence-electron chi connectivity index (χ1n) is 10.4. The third-order valence-electron chi connectivity index (χ3n) is 5.70. The van der Waals surface area contributed by atoms with Crippen molar-refractivity contribution in [3.05, 3.63) is 52.8 Å². The summed E-state index contributed by atoms with van der Waals surface area (Å²) >= 11 is 0. The number of carbonyl (C=O) groups is 2. The van der Waals surface area contributed by atoms with Crippen molar-refractivity contribution in [2.75, 3.05) is 32.7 Å². The van der Waals surface area contributed by atoms with Crippen LogP contribution < -0.4 is 5.32 Å². The van der Waals surface area contributed by atoms with E-state index in [0.717, 1.165) is 25.7 Å². The minimum absolute atomic E-state index is 0.0381. The summed E-state index contributed by atoms with van der Waals surface area (Å²) in [5.74, 6) is -0.797. The molecule has 2 aromatic rings. The van der Waals surface area contributed by atoms with Gasteiger partial charge in [0, 0.05) is 32.2 Å². The van der Waals surface area contributed by atoms with Crippen LogP contribution in [0.1, 0.15) is 44.9 Å². The number of fused-ring (bicyclic) bond motifs is 1. The maximum Gasteiger partial charge on any atom is 0.416 e. The van der Waals surface area contributed by atoms with Gasteiger partial charge in [-0.25, -0.2) is 0 Å². The van der Waals surface area contributed by atoms with Crippen LogP contribution in [0, 0.1) is 0 Å². The largest absolute Gasteiger partial charge is 0.416 e. The molecule has 2 aliphatic heterocycles. The normalized spacial score (nSPS) is 17.1. The number of hydrogen-bond donors (Lipinski definition) is 1. The zero-order valence-corrected chi connectivity index (χ0v) is 17.0. The Hall–Kier alpha value is -2.88. The summed E-state index contributed by atoms with van der Waals surface area (Å²) in [6, 6.07) is 6.65. The fourth-order valence-electron chi connectivity index (χ4n) is 4.06. The average molecular weight is 435 g/mol. The first-order valence-corrected chi connectivity index (χ1v) is 10.4. The highest BCUT2D eigenvalue weighted by Crippen LogP contribution is 2.32. The molecule has 0 aliphatic carbocycles. The van der Waals surface area contributed by atoms with E-state index in [1.54, 1.807) is 0 Å². The van der Waals surface area contributed by atoms with Crippen molar-refractivity contribution in [1.82, 2.24) is 24.9 Å². The van der Waals surface area contributed by atoms with E-state index in [1.807, 2.05) is 0 Å². The van der Waals surface area contributed by atoms with E-state index in [2.05, 4.69) is 15.3 Å². The number of benzene rings is 1. The highest BCUT2D eigenvalue weighted by Gasteiger charge is 2.35. The molecule has 1 aromatic heterocycles. The number of carbonyl (C=O) groups excluding carboxylic acids is 2. The Labute approximate surface area is 177 Å². The number of nitrogens with one attached hydrogen (secondary N) is 1. The summed E-state index contributed by atoms with van der Waals surface area (Å²) in [4.78, 5) is 28.9. The second-order valence-corrected chi connectivity index (χ2v) is 7.82. The van der Waals surface area contributed by atoms with Crippen LogP contribution in [0.4, 0.5) is 13.2 Å². The Bertz CT molecular complexity index is 966. The molecule has 2 aliphatic rings. The van der Waals surface area contributed by atoms with Gasteiger partial charge in [0.15, 0.2) is 5.69 Å². The third-order valence-corrected chi connectivity index (χ3v) is 5.70. The van der Waals surface area contributed by atoms with E-state index < -0.39 is 17.6 Å². The number of alkyl halides is 3. The Morgan fingerprint density at radius 2 is 1.84 bits per heavy atom. The molecule has 2 amide bonds. The summed E-state index contributed by atoms with van der Waals surface area (Å²) in [6.45, 7) is 3.72. The molecule has 0 unspecified atom stereocenters. The number of rotatable bonds is 6. The quantitative estimate of drug-likeness (QED) is 0.757. The molecule has 10 heteroatoms. The average Bonchev–Trinajstić information content (AvgIpc) is 3.40. The molecule has 3 heterocycles. The van der Waals surface area contributed by atoms with Gasteiger partial charge in [0.05, 0.1) is 12.1 Å². The third kappa shape index (κ3) is 4.73. The lowest BCUT2D eigenvalue weighted by molar-refractivity contribution is -0.138. The van der Waals surface area contributed by atoms with Crippen LogP contribution in [0.2, 0.25) is 0 Å². The van der Waals surface area contributed by atoms with Gasteiger partial charge in [-0.05, 0) is 37.6 Å². The maximum absolute atomic E-state index is 13.3. The molecule has 166 valence electrons. The zero-order chi connectivity index (χ0) is 22.0. The predicted molar refractivity (Wildman–Crippen MR) is 106 cm³/mol. The molecular weight excluding hydrogens is 411 g/mol. The molecule has 0 atom stereocenters. The molecule has 31 heavy (non-hydrogen) atoms. The summed E-state index contributed by atoms with van der Waals surface area (Å²) in [5, 5.41) is 7.03. The molecule has 7 nitrogen and oxygen atoms in total.